The molecule has 3 aliphatic rings. The molecular formula is C16H18FN3O3. The van der Waals surface area contributed by atoms with Gasteiger partial charge in [0.1, 0.15) is 12.4 Å². The molecule has 0 radical (unpaired) electrons. The molecule has 1 aromatic rings. The van der Waals surface area contributed by atoms with Crippen molar-refractivity contribution >= 4 is 17.6 Å². The van der Waals surface area contributed by atoms with E-state index >= 15 is 0 Å². The third-order valence-corrected chi connectivity index (χ3v) is 4.83. The van der Waals surface area contributed by atoms with Gasteiger partial charge < -0.3 is 20.3 Å². The van der Waals surface area contributed by atoms with Crippen molar-refractivity contribution in [3.63, 3.8) is 0 Å². The Labute approximate surface area is 133 Å². The average Bonchev–Trinajstić information content (AvgIpc) is 2.41. The first-order chi connectivity index (χ1) is 11.0. The fourth-order valence-electron chi connectivity index (χ4n) is 3.58. The molecular weight excluding hydrogens is 301 g/mol. The summed E-state index contributed by atoms with van der Waals surface area (Å²) in [5, 5.41) is 5.63. The highest BCUT2D eigenvalue weighted by atomic mass is 19.1. The molecule has 1 aromatic carbocycles. The molecule has 0 unspecified atom stereocenters. The normalized spacial score (nSPS) is 22.0. The minimum Gasteiger partial charge on any atom is -0.380 e. The van der Waals surface area contributed by atoms with Crippen molar-refractivity contribution in [3.05, 3.63) is 29.6 Å². The molecule has 1 saturated carbocycles. The van der Waals surface area contributed by atoms with Gasteiger partial charge in [-0.25, -0.2) is 9.18 Å². The number of anilines is 1. The highest BCUT2D eigenvalue weighted by molar-refractivity contribution is 5.94. The molecule has 2 heterocycles. The number of hydrogen-bond acceptors (Lipinski definition) is 3. The lowest BCUT2D eigenvalue weighted by Gasteiger charge is -2.53. The lowest BCUT2D eigenvalue weighted by molar-refractivity contribution is -0.169. The first-order valence-corrected chi connectivity index (χ1v) is 7.75. The van der Waals surface area contributed by atoms with Crippen molar-refractivity contribution in [2.45, 2.75) is 25.4 Å². The number of nitrogens with one attached hydrogen (secondary N) is 2. The number of benzene rings is 1. The van der Waals surface area contributed by atoms with Crippen LogP contribution in [-0.2, 0) is 16.1 Å². The molecule has 0 bridgehead atoms. The number of nitrogens with zero attached hydrogens (tertiary/aromatic N) is 1. The number of ether oxygens (including phenoxy) is 1. The van der Waals surface area contributed by atoms with Crippen LogP contribution in [-0.4, -0.2) is 42.6 Å². The smallest absolute Gasteiger partial charge is 0.322 e. The number of rotatable bonds is 3. The zero-order valence-electron chi connectivity index (χ0n) is 12.6. The Morgan fingerprint density at radius 1 is 1.43 bits per heavy atom. The Hall–Kier alpha value is -2.15. The van der Waals surface area contributed by atoms with Crippen molar-refractivity contribution in [1.29, 1.82) is 0 Å². The third kappa shape index (κ3) is 2.65. The predicted octanol–water partition coefficient (Wildman–Crippen LogP) is 1.47. The quantitative estimate of drug-likeness (QED) is 0.886. The van der Waals surface area contributed by atoms with Gasteiger partial charge in [0, 0.05) is 17.1 Å². The van der Waals surface area contributed by atoms with Gasteiger partial charge in [0.2, 0.25) is 5.91 Å². The SMILES string of the molecule is O=C(CN1Cc2cc(F)ccc2NC1=O)NC1CC2(COC2)C1. The number of halogens is 1. The number of amides is 3. The van der Waals surface area contributed by atoms with Crippen LogP contribution in [0, 0.1) is 11.2 Å². The van der Waals surface area contributed by atoms with E-state index in [1.54, 1.807) is 0 Å². The van der Waals surface area contributed by atoms with Crippen LogP contribution in [0.1, 0.15) is 18.4 Å². The summed E-state index contributed by atoms with van der Waals surface area (Å²) in [6.45, 7) is 1.78. The zero-order chi connectivity index (χ0) is 16.0. The maximum absolute atomic E-state index is 13.3. The molecule has 122 valence electrons. The second kappa shape index (κ2) is 5.19. The van der Waals surface area contributed by atoms with Gasteiger partial charge in [-0.15, -0.1) is 0 Å². The van der Waals surface area contributed by atoms with Gasteiger partial charge in [-0.2, -0.15) is 0 Å². The summed E-state index contributed by atoms with van der Waals surface area (Å²) in [5.41, 5.74) is 1.56. The van der Waals surface area contributed by atoms with E-state index in [9.17, 15) is 14.0 Å². The summed E-state index contributed by atoms with van der Waals surface area (Å²) in [4.78, 5) is 25.5. The Kier molecular flexibility index (Phi) is 3.26. The van der Waals surface area contributed by atoms with Crippen LogP contribution in [0.5, 0.6) is 0 Å². The molecule has 2 fully saturated rings. The summed E-state index contributed by atoms with van der Waals surface area (Å²) < 4.78 is 18.5. The summed E-state index contributed by atoms with van der Waals surface area (Å²) in [6, 6.07) is 4.05. The lowest BCUT2D eigenvalue weighted by Crippen LogP contribution is -2.60. The van der Waals surface area contributed by atoms with Crippen LogP contribution in [0.2, 0.25) is 0 Å². The van der Waals surface area contributed by atoms with Crippen LogP contribution >= 0.6 is 0 Å². The molecule has 23 heavy (non-hydrogen) atoms. The van der Waals surface area contributed by atoms with Crippen molar-refractivity contribution < 1.29 is 18.7 Å². The van der Waals surface area contributed by atoms with Gasteiger partial charge in [0.15, 0.2) is 0 Å². The molecule has 2 aliphatic heterocycles. The molecule has 1 saturated heterocycles. The first kappa shape index (κ1) is 14.4. The van der Waals surface area contributed by atoms with E-state index in [-0.39, 0.29) is 42.3 Å². The van der Waals surface area contributed by atoms with E-state index in [0.29, 0.717) is 11.3 Å². The van der Waals surface area contributed by atoms with Gasteiger partial charge in [0.05, 0.1) is 19.8 Å². The maximum atomic E-state index is 13.3. The molecule has 0 aromatic heterocycles. The minimum atomic E-state index is -0.355. The van der Waals surface area contributed by atoms with Gasteiger partial charge in [-0.3, -0.25) is 4.79 Å². The number of fused-ring (bicyclic) bond motifs is 1. The second-order valence-electron chi connectivity index (χ2n) is 6.75. The van der Waals surface area contributed by atoms with Gasteiger partial charge in [-0.05, 0) is 36.6 Å². The Morgan fingerprint density at radius 2 is 2.22 bits per heavy atom. The summed E-state index contributed by atoms with van der Waals surface area (Å²) in [5.74, 6) is -0.535. The Balaban J connectivity index is 1.33. The van der Waals surface area contributed by atoms with Crippen LogP contribution in [0.25, 0.3) is 0 Å². The second-order valence-corrected chi connectivity index (χ2v) is 6.75. The number of hydrogen-bond donors (Lipinski definition) is 2. The molecule has 6 nitrogen and oxygen atoms in total. The summed E-state index contributed by atoms with van der Waals surface area (Å²) in [7, 11) is 0. The minimum absolute atomic E-state index is 0.0260. The largest absolute Gasteiger partial charge is 0.380 e. The fourth-order valence-corrected chi connectivity index (χ4v) is 3.58. The lowest BCUT2D eigenvalue weighted by atomic mass is 9.64. The number of urea groups is 1. The highest BCUT2D eigenvalue weighted by Crippen LogP contribution is 2.46. The van der Waals surface area contributed by atoms with E-state index in [4.69, 9.17) is 4.74 Å². The van der Waals surface area contributed by atoms with Crippen LogP contribution in [0.15, 0.2) is 18.2 Å². The van der Waals surface area contributed by atoms with E-state index < -0.39 is 0 Å². The topological polar surface area (TPSA) is 70.7 Å². The Bertz CT molecular complexity index is 667. The standard InChI is InChI=1S/C16H18FN3O3/c17-11-1-2-13-10(3-11)6-20(15(22)19-13)7-14(21)18-12-4-16(5-12)8-23-9-16/h1-3,12H,4-9H2,(H,18,21)(H,19,22). The molecule has 0 atom stereocenters. The van der Waals surface area contributed by atoms with Gasteiger partial charge in [-0.1, -0.05) is 0 Å². The van der Waals surface area contributed by atoms with E-state index in [1.807, 2.05) is 0 Å². The highest BCUT2D eigenvalue weighted by Gasteiger charge is 2.50. The first-order valence-electron chi connectivity index (χ1n) is 7.75. The van der Waals surface area contributed by atoms with Crippen molar-refractivity contribution in [2.75, 3.05) is 25.1 Å². The number of carbonyl (C=O) groups excluding carboxylic acids is 2. The summed E-state index contributed by atoms with van der Waals surface area (Å²) >= 11 is 0. The van der Waals surface area contributed by atoms with Gasteiger partial charge in [0.25, 0.3) is 0 Å². The maximum Gasteiger partial charge on any atom is 0.322 e. The third-order valence-electron chi connectivity index (χ3n) is 4.83. The molecule has 4 rings (SSSR count). The van der Waals surface area contributed by atoms with Crippen molar-refractivity contribution in [2.24, 2.45) is 5.41 Å². The summed E-state index contributed by atoms with van der Waals surface area (Å²) in [6.07, 6.45) is 1.89. The van der Waals surface area contributed by atoms with E-state index in [1.165, 1.54) is 23.1 Å². The molecule has 1 spiro atoms. The average molecular weight is 319 g/mol. The molecule has 3 amide bonds. The van der Waals surface area contributed by atoms with Gasteiger partial charge >= 0.3 is 6.03 Å². The molecule has 7 heteroatoms. The van der Waals surface area contributed by atoms with Crippen LogP contribution in [0.4, 0.5) is 14.9 Å². The van der Waals surface area contributed by atoms with E-state index in [2.05, 4.69) is 10.6 Å². The molecule has 2 N–H and O–H groups in total. The van der Waals surface area contributed by atoms with Crippen LogP contribution < -0.4 is 10.6 Å². The fraction of sp³-hybridized carbons (Fsp3) is 0.500. The predicted molar refractivity (Wildman–Crippen MR) is 80.2 cm³/mol. The number of carbonyl (C=O) groups is 2. The zero-order valence-corrected chi connectivity index (χ0v) is 12.6. The van der Waals surface area contributed by atoms with E-state index in [0.717, 1.165) is 26.1 Å². The van der Waals surface area contributed by atoms with Crippen molar-refractivity contribution in [1.82, 2.24) is 10.2 Å². The molecule has 1 aliphatic carbocycles. The van der Waals surface area contributed by atoms with Crippen molar-refractivity contribution in [3.8, 4) is 0 Å². The van der Waals surface area contributed by atoms with Crippen LogP contribution in [0.3, 0.4) is 0 Å². The Morgan fingerprint density at radius 3 is 2.91 bits per heavy atom. The monoisotopic (exact) mass is 319 g/mol.